The van der Waals surface area contributed by atoms with E-state index in [1.54, 1.807) is 12.4 Å². The predicted molar refractivity (Wildman–Crippen MR) is 161 cm³/mol. The predicted octanol–water partition coefficient (Wildman–Crippen LogP) is 7.67. The molecule has 7 heteroatoms. The van der Waals surface area contributed by atoms with Crippen LogP contribution in [0.2, 0.25) is 0 Å². The summed E-state index contributed by atoms with van der Waals surface area (Å²) >= 11 is 0. The van der Waals surface area contributed by atoms with Crippen molar-refractivity contribution >= 4 is 12.6 Å². The average molecular weight is 540 g/mol. The molecule has 0 aliphatic carbocycles. The van der Waals surface area contributed by atoms with Gasteiger partial charge in [0.15, 0.2) is 23.0 Å². The van der Waals surface area contributed by atoms with Crippen molar-refractivity contribution in [2.45, 2.75) is 38.9 Å². The maximum absolute atomic E-state index is 6.59. The second-order valence-corrected chi connectivity index (χ2v) is 11.3. The summed E-state index contributed by atoms with van der Waals surface area (Å²) in [5, 5.41) is 0. The van der Waals surface area contributed by atoms with Gasteiger partial charge in [0, 0.05) is 34.5 Å². The van der Waals surface area contributed by atoms with Crippen molar-refractivity contribution in [2.75, 3.05) is 0 Å². The maximum atomic E-state index is 6.59. The Morgan fingerprint density at radius 3 is 1.61 bits per heavy atom. The Hall–Kier alpha value is -4.46. The van der Waals surface area contributed by atoms with E-state index >= 15 is 0 Å². The Morgan fingerprint density at radius 2 is 1.07 bits per heavy atom. The highest BCUT2D eigenvalue weighted by atomic mass is 16.7. The second kappa shape index (κ2) is 9.58. The zero-order valence-electron chi connectivity index (χ0n) is 23.4. The molecule has 4 heterocycles. The number of benzene rings is 3. The van der Waals surface area contributed by atoms with E-state index in [2.05, 4.69) is 34.2 Å². The lowest BCUT2D eigenvalue weighted by molar-refractivity contribution is 0.00578. The van der Waals surface area contributed by atoms with Crippen LogP contribution in [0.4, 0.5) is 0 Å². The largest absolute Gasteiger partial charge is 0.498 e. The van der Waals surface area contributed by atoms with Gasteiger partial charge in [0.1, 0.15) is 0 Å². The number of aromatic nitrogens is 2. The number of ether oxygens (including phenoxy) is 2. The molecule has 0 N–H and O–H groups in total. The first kappa shape index (κ1) is 25.5. The Kier molecular flexibility index (Phi) is 5.96. The smallest absolute Gasteiger partial charge is 0.450 e. The molecule has 2 aromatic heterocycles. The summed E-state index contributed by atoms with van der Waals surface area (Å²) in [5.74, 6) is 2.49. The summed E-state index contributed by atoms with van der Waals surface area (Å²) in [6, 6.07) is 30.0. The van der Waals surface area contributed by atoms with Crippen LogP contribution >= 0.6 is 0 Å². The number of hydrogen-bond donors (Lipinski definition) is 0. The molecular weight excluding hydrogens is 511 g/mol. The number of hydrogen-bond acceptors (Lipinski definition) is 6. The van der Waals surface area contributed by atoms with Crippen LogP contribution in [0, 0.1) is 0 Å². The van der Waals surface area contributed by atoms with Gasteiger partial charge >= 0.3 is 7.12 Å². The van der Waals surface area contributed by atoms with Crippen molar-refractivity contribution in [3.63, 3.8) is 0 Å². The van der Waals surface area contributed by atoms with E-state index in [0.717, 1.165) is 39.1 Å². The second-order valence-electron chi connectivity index (χ2n) is 11.3. The van der Waals surface area contributed by atoms with Crippen LogP contribution in [0.5, 0.6) is 23.0 Å². The van der Waals surface area contributed by atoms with E-state index in [4.69, 9.17) is 18.8 Å². The molecule has 1 fully saturated rings. The Bertz CT molecular complexity index is 1680. The molecule has 0 atom stereocenters. The lowest BCUT2D eigenvalue weighted by Gasteiger charge is -2.32. The van der Waals surface area contributed by atoms with Crippen molar-refractivity contribution < 1.29 is 18.8 Å². The lowest BCUT2D eigenvalue weighted by Crippen LogP contribution is -2.41. The van der Waals surface area contributed by atoms with E-state index in [1.807, 2.05) is 94.4 Å². The molecule has 41 heavy (non-hydrogen) atoms. The molecule has 0 radical (unpaired) electrons. The van der Waals surface area contributed by atoms with Crippen LogP contribution in [0.25, 0.3) is 33.6 Å². The van der Waals surface area contributed by atoms with Crippen molar-refractivity contribution in [1.29, 1.82) is 0 Å². The number of para-hydroxylation sites is 2. The molecule has 5 aromatic rings. The van der Waals surface area contributed by atoms with Gasteiger partial charge in [-0.3, -0.25) is 9.97 Å². The normalized spacial score (nSPS) is 16.3. The Balaban J connectivity index is 1.42. The number of nitrogens with zero attached hydrogens (tertiary/aromatic N) is 2. The third-order valence-corrected chi connectivity index (χ3v) is 8.09. The van der Waals surface area contributed by atoms with Crippen LogP contribution in [0.3, 0.4) is 0 Å². The van der Waals surface area contributed by atoms with E-state index in [1.165, 1.54) is 0 Å². The van der Waals surface area contributed by atoms with Crippen LogP contribution in [-0.4, -0.2) is 28.3 Å². The number of fused-ring (bicyclic) bond motifs is 2. The highest BCUT2D eigenvalue weighted by molar-refractivity contribution is 6.63. The minimum Gasteiger partial charge on any atom is -0.450 e. The minimum absolute atomic E-state index is 0.495. The monoisotopic (exact) mass is 540 g/mol. The van der Waals surface area contributed by atoms with Gasteiger partial charge in [-0.2, -0.15) is 0 Å². The molecule has 2 aliphatic rings. The highest BCUT2D eigenvalue weighted by Crippen LogP contribution is 2.50. The highest BCUT2D eigenvalue weighted by Gasteiger charge is 2.53. The molecule has 6 nitrogen and oxygen atoms in total. The molecule has 0 bridgehead atoms. The van der Waals surface area contributed by atoms with Crippen molar-refractivity contribution in [2.24, 2.45) is 0 Å². The number of pyridine rings is 2. The van der Waals surface area contributed by atoms with Gasteiger partial charge < -0.3 is 18.8 Å². The molecule has 1 saturated heterocycles. The van der Waals surface area contributed by atoms with Crippen LogP contribution in [0.1, 0.15) is 27.7 Å². The van der Waals surface area contributed by atoms with Crippen molar-refractivity contribution in [1.82, 2.24) is 9.97 Å². The van der Waals surface area contributed by atoms with E-state index < -0.39 is 18.3 Å². The third-order valence-electron chi connectivity index (χ3n) is 8.09. The van der Waals surface area contributed by atoms with Gasteiger partial charge in [0.25, 0.3) is 0 Å². The van der Waals surface area contributed by atoms with Gasteiger partial charge in [-0.25, -0.2) is 0 Å². The van der Waals surface area contributed by atoms with Gasteiger partial charge in [-0.15, -0.1) is 0 Å². The van der Waals surface area contributed by atoms with Gasteiger partial charge in [0.2, 0.25) is 0 Å². The standard InChI is InChI=1S/C34H29BN2O4/c1-33(2)34(3,4)41-35(40-33)26-16-15-25(31-32(26)39-30-14-6-5-13-29(30)38-31)22-19-23(27-11-7-9-17-36-27)21-24(20-22)28-12-8-10-18-37-28/h5-21H,1-4H3. The summed E-state index contributed by atoms with van der Waals surface area (Å²) in [6.07, 6.45) is 3.61. The molecule has 202 valence electrons. The summed E-state index contributed by atoms with van der Waals surface area (Å²) < 4.78 is 26.0. The van der Waals surface area contributed by atoms with E-state index in [-0.39, 0.29) is 0 Å². The first-order valence-electron chi connectivity index (χ1n) is 13.7. The minimum atomic E-state index is -0.611. The first-order chi connectivity index (χ1) is 19.8. The third kappa shape index (κ3) is 4.47. The fourth-order valence-corrected chi connectivity index (χ4v) is 5.15. The molecule has 0 spiro atoms. The zero-order valence-corrected chi connectivity index (χ0v) is 23.4. The Morgan fingerprint density at radius 1 is 0.561 bits per heavy atom. The average Bonchev–Trinajstić information content (AvgIpc) is 3.22. The summed E-state index contributed by atoms with van der Waals surface area (Å²) in [4.78, 5) is 9.24. The lowest BCUT2D eigenvalue weighted by atomic mass is 9.77. The SMILES string of the molecule is CC1(C)OB(c2ccc(-c3cc(-c4ccccn4)cc(-c4ccccn4)c3)c3c2Oc2ccccc2O3)OC1(C)C. The maximum Gasteiger partial charge on any atom is 0.498 e. The summed E-state index contributed by atoms with van der Waals surface area (Å²) in [6.45, 7) is 8.18. The van der Waals surface area contributed by atoms with Gasteiger partial charge in [0.05, 0.1) is 22.6 Å². The van der Waals surface area contributed by atoms with E-state index in [0.29, 0.717) is 23.0 Å². The van der Waals surface area contributed by atoms with Gasteiger partial charge in [-0.05, 0) is 87.9 Å². The van der Waals surface area contributed by atoms with Crippen molar-refractivity contribution in [3.05, 3.63) is 103 Å². The van der Waals surface area contributed by atoms with Crippen LogP contribution in [-0.2, 0) is 9.31 Å². The molecule has 0 unspecified atom stereocenters. The van der Waals surface area contributed by atoms with Gasteiger partial charge in [-0.1, -0.05) is 36.4 Å². The number of rotatable bonds is 4. The van der Waals surface area contributed by atoms with Crippen LogP contribution in [0.15, 0.2) is 103 Å². The van der Waals surface area contributed by atoms with Crippen LogP contribution < -0.4 is 14.9 Å². The molecule has 7 rings (SSSR count). The molecular formula is C34H29BN2O4. The Labute approximate surface area is 240 Å². The fourth-order valence-electron chi connectivity index (χ4n) is 5.15. The molecule has 2 aliphatic heterocycles. The first-order valence-corrected chi connectivity index (χ1v) is 13.7. The summed E-state index contributed by atoms with van der Waals surface area (Å²) in [7, 11) is -0.611. The van der Waals surface area contributed by atoms with Crippen molar-refractivity contribution in [3.8, 4) is 56.6 Å². The molecule has 0 saturated carbocycles. The fraction of sp³-hybridized carbons (Fsp3) is 0.176. The topological polar surface area (TPSA) is 62.7 Å². The quantitative estimate of drug-likeness (QED) is 0.214. The van der Waals surface area contributed by atoms with E-state index in [9.17, 15) is 0 Å². The molecule has 3 aromatic carbocycles. The summed E-state index contributed by atoms with van der Waals surface area (Å²) in [5.41, 5.74) is 5.32. The zero-order chi connectivity index (χ0) is 28.2. The molecule has 0 amide bonds.